The molecule has 28 heavy (non-hydrogen) atoms. The van der Waals surface area contributed by atoms with Gasteiger partial charge < -0.3 is 15.5 Å². The van der Waals surface area contributed by atoms with Crippen molar-refractivity contribution in [2.75, 3.05) is 31.5 Å². The molecule has 2 atom stereocenters. The number of halogens is 1. The van der Waals surface area contributed by atoms with Gasteiger partial charge in [0.2, 0.25) is 5.91 Å². The van der Waals surface area contributed by atoms with Gasteiger partial charge >= 0.3 is 0 Å². The molecule has 0 radical (unpaired) electrons. The number of piperidine rings is 1. The minimum Gasteiger partial charge on any atom is -0.331 e. The second kappa shape index (κ2) is 12.4. The quantitative estimate of drug-likeness (QED) is 0.613. The Morgan fingerprint density at radius 2 is 1.89 bits per heavy atom. The first-order chi connectivity index (χ1) is 13.0. The fourth-order valence-corrected chi connectivity index (χ4v) is 3.47. The first-order valence-electron chi connectivity index (χ1n) is 9.66. The summed E-state index contributed by atoms with van der Waals surface area (Å²) >= 11 is 0. The smallest absolute Gasteiger partial charge is 0.254 e. The Labute approximate surface area is 174 Å². The Bertz CT molecular complexity index is 644. The first-order valence-corrected chi connectivity index (χ1v) is 9.66. The van der Waals surface area contributed by atoms with Crippen molar-refractivity contribution in [3.05, 3.63) is 55.1 Å². The molecule has 2 amide bonds. The van der Waals surface area contributed by atoms with Crippen LogP contribution in [0.2, 0.25) is 0 Å². The number of nitrogens with zero attached hydrogens (tertiary/aromatic N) is 1. The number of amides is 2. The zero-order chi connectivity index (χ0) is 19.6. The van der Waals surface area contributed by atoms with Crippen LogP contribution in [-0.4, -0.2) is 42.9 Å². The summed E-state index contributed by atoms with van der Waals surface area (Å²) in [6.07, 6.45) is 6.27. The molecule has 0 aromatic heterocycles. The van der Waals surface area contributed by atoms with Crippen molar-refractivity contribution in [3.8, 4) is 0 Å². The summed E-state index contributed by atoms with van der Waals surface area (Å²) in [6, 6.07) is 7.03. The van der Waals surface area contributed by atoms with Crippen molar-refractivity contribution < 1.29 is 9.59 Å². The minimum absolute atomic E-state index is 0. The van der Waals surface area contributed by atoms with Gasteiger partial charge in [0.1, 0.15) is 0 Å². The van der Waals surface area contributed by atoms with Gasteiger partial charge in [0.15, 0.2) is 0 Å². The molecular formula is C22H32ClN3O2. The van der Waals surface area contributed by atoms with E-state index in [0.29, 0.717) is 42.6 Å². The largest absolute Gasteiger partial charge is 0.331 e. The van der Waals surface area contributed by atoms with Crippen LogP contribution in [0.1, 0.15) is 36.5 Å². The molecule has 1 aromatic rings. The number of carbonyl (C=O) groups is 2. The van der Waals surface area contributed by atoms with Gasteiger partial charge in [-0.3, -0.25) is 9.59 Å². The topological polar surface area (TPSA) is 61.4 Å². The number of benzene rings is 1. The number of hydrogen-bond donors (Lipinski definition) is 2. The highest BCUT2D eigenvalue weighted by Crippen LogP contribution is 2.23. The maximum atomic E-state index is 12.5. The third kappa shape index (κ3) is 7.13. The van der Waals surface area contributed by atoms with Crippen LogP contribution in [0.15, 0.2) is 49.6 Å². The van der Waals surface area contributed by atoms with Crippen LogP contribution in [0.25, 0.3) is 0 Å². The molecule has 1 saturated heterocycles. The van der Waals surface area contributed by atoms with Crippen molar-refractivity contribution in [2.24, 2.45) is 11.8 Å². The van der Waals surface area contributed by atoms with Crippen molar-refractivity contribution in [2.45, 2.75) is 26.2 Å². The molecule has 0 spiro atoms. The van der Waals surface area contributed by atoms with Gasteiger partial charge in [0, 0.05) is 30.8 Å². The molecule has 2 rings (SSSR count). The lowest BCUT2D eigenvalue weighted by Crippen LogP contribution is -2.34. The monoisotopic (exact) mass is 405 g/mol. The summed E-state index contributed by atoms with van der Waals surface area (Å²) in [7, 11) is 0. The minimum atomic E-state index is -0.0777. The van der Waals surface area contributed by atoms with Crippen LogP contribution in [-0.2, 0) is 4.79 Å². The second-order valence-electron chi connectivity index (χ2n) is 7.20. The first kappa shape index (κ1) is 23.9. The molecule has 154 valence electrons. The predicted molar refractivity (Wildman–Crippen MR) is 118 cm³/mol. The molecular weight excluding hydrogens is 374 g/mol. The Kier molecular flexibility index (Phi) is 10.6. The van der Waals surface area contributed by atoms with E-state index in [1.165, 1.54) is 12.8 Å². The number of hydrogen-bond acceptors (Lipinski definition) is 3. The van der Waals surface area contributed by atoms with Crippen molar-refractivity contribution in [1.29, 1.82) is 0 Å². The molecule has 2 unspecified atom stereocenters. The zero-order valence-corrected chi connectivity index (χ0v) is 17.5. The highest BCUT2D eigenvalue weighted by molar-refractivity contribution is 5.96. The summed E-state index contributed by atoms with van der Waals surface area (Å²) < 4.78 is 0. The standard InChI is InChI=1S/C22H31N3O2.ClH/c1-4-13-25(14-5-2)22(27)18-8-10-20(11-9-18)24-21(26)15-17(3)19-7-6-12-23-16-19;/h4-5,8-11,17,19,23H,1-2,6-7,12-16H2,3H3,(H,24,26);1H. The lowest BCUT2D eigenvalue weighted by molar-refractivity contribution is -0.117. The zero-order valence-electron chi connectivity index (χ0n) is 16.7. The molecule has 1 aromatic carbocycles. The van der Waals surface area contributed by atoms with Crippen LogP contribution in [0, 0.1) is 11.8 Å². The third-order valence-electron chi connectivity index (χ3n) is 5.05. The predicted octanol–water partition coefficient (Wildman–Crippen LogP) is 3.89. The van der Waals surface area contributed by atoms with E-state index in [2.05, 4.69) is 30.7 Å². The lowest BCUT2D eigenvalue weighted by atomic mass is 9.85. The van der Waals surface area contributed by atoms with E-state index in [9.17, 15) is 9.59 Å². The van der Waals surface area contributed by atoms with Gasteiger partial charge in [-0.25, -0.2) is 0 Å². The average Bonchev–Trinajstić information content (AvgIpc) is 2.68. The number of rotatable bonds is 9. The van der Waals surface area contributed by atoms with E-state index in [1.807, 2.05) is 0 Å². The molecule has 1 aliphatic heterocycles. The van der Waals surface area contributed by atoms with Crippen molar-refractivity contribution in [1.82, 2.24) is 10.2 Å². The SMILES string of the molecule is C=CCN(CC=C)C(=O)c1ccc(NC(=O)CC(C)C2CCCNC2)cc1.Cl. The molecule has 0 aliphatic carbocycles. The second-order valence-corrected chi connectivity index (χ2v) is 7.20. The molecule has 1 heterocycles. The third-order valence-corrected chi connectivity index (χ3v) is 5.05. The van der Waals surface area contributed by atoms with Crippen LogP contribution >= 0.6 is 12.4 Å². The summed E-state index contributed by atoms with van der Waals surface area (Å²) in [6.45, 7) is 12.5. The van der Waals surface area contributed by atoms with Crippen LogP contribution < -0.4 is 10.6 Å². The van der Waals surface area contributed by atoms with E-state index >= 15 is 0 Å². The lowest BCUT2D eigenvalue weighted by Gasteiger charge is -2.28. The van der Waals surface area contributed by atoms with E-state index in [1.54, 1.807) is 41.3 Å². The maximum absolute atomic E-state index is 12.5. The molecule has 0 saturated carbocycles. The van der Waals surface area contributed by atoms with E-state index < -0.39 is 0 Å². The van der Waals surface area contributed by atoms with E-state index in [-0.39, 0.29) is 24.2 Å². The highest BCUT2D eigenvalue weighted by Gasteiger charge is 2.22. The number of carbonyl (C=O) groups excluding carboxylic acids is 2. The Balaban J connectivity index is 0.00000392. The summed E-state index contributed by atoms with van der Waals surface area (Å²) in [5.74, 6) is 0.855. The van der Waals surface area contributed by atoms with Gasteiger partial charge in [0.25, 0.3) is 5.91 Å². The van der Waals surface area contributed by atoms with Gasteiger partial charge in [-0.1, -0.05) is 19.1 Å². The highest BCUT2D eigenvalue weighted by atomic mass is 35.5. The van der Waals surface area contributed by atoms with E-state index in [0.717, 1.165) is 13.1 Å². The normalized spacial score (nSPS) is 17.0. The molecule has 6 heteroatoms. The fraction of sp³-hybridized carbons (Fsp3) is 0.455. The fourth-order valence-electron chi connectivity index (χ4n) is 3.47. The Hall–Kier alpha value is -2.11. The van der Waals surface area contributed by atoms with Gasteiger partial charge in [-0.2, -0.15) is 0 Å². The van der Waals surface area contributed by atoms with Gasteiger partial charge in [0.05, 0.1) is 0 Å². The van der Waals surface area contributed by atoms with Crippen LogP contribution in [0.4, 0.5) is 5.69 Å². The summed E-state index contributed by atoms with van der Waals surface area (Å²) in [5, 5.41) is 6.34. The molecule has 2 N–H and O–H groups in total. The van der Waals surface area contributed by atoms with Crippen molar-refractivity contribution in [3.63, 3.8) is 0 Å². The van der Waals surface area contributed by atoms with E-state index in [4.69, 9.17) is 0 Å². The Morgan fingerprint density at radius 3 is 2.43 bits per heavy atom. The van der Waals surface area contributed by atoms with Crippen molar-refractivity contribution >= 4 is 29.9 Å². The van der Waals surface area contributed by atoms with Crippen LogP contribution in [0.3, 0.4) is 0 Å². The Morgan fingerprint density at radius 1 is 1.25 bits per heavy atom. The average molecular weight is 406 g/mol. The molecule has 5 nitrogen and oxygen atoms in total. The maximum Gasteiger partial charge on any atom is 0.254 e. The number of anilines is 1. The molecule has 0 bridgehead atoms. The number of nitrogens with one attached hydrogen (secondary N) is 2. The van der Waals surface area contributed by atoms with Gasteiger partial charge in [-0.05, 0) is 62.0 Å². The van der Waals surface area contributed by atoms with Gasteiger partial charge in [-0.15, -0.1) is 25.6 Å². The summed E-state index contributed by atoms with van der Waals surface area (Å²) in [5.41, 5.74) is 1.29. The molecule has 1 fully saturated rings. The summed E-state index contributed by atoms with van der Waals surface area (Å²) in [4.78, 5) is 26.5. The molecule has 1 aliphatic rings. The van der Waals surface area contributed by atoms with Crippen LogP contribution in [0.5, 0.6) is 0 Å².